The van der Waals surface area contributed by atoms with Gasteiger partial charge in [0.05, 0.1) is 0 Å². The molecule has 0 heterocycles. The molecule has 0 fully saturated rings. The van der Waals surface area contributed by atoms with Crippen LogP contribution in [-0.2, 0) is 16.0 Å². The molecule has 0 amide bonds. The summed E-state index contributed by atoms with van der Waals surface area (Å²) in [6.45, 7) is 0.440. The Morgan fingerprint density at radius 1 is 1.28 bits per heavy atom. The molecule has 2 nitrogen and oxygen atoms in total. The number of carbonyl (C=O) groups excluding carboxylic acids is 1. The molecule has 0 bridgehead atoms. The molecule has 88 valence electrons. The predicted octanol–water partition coefficient (Wildman–Crippen LogP) is 2.62. The molecule has 0 radical (unpaired) electrons. The van der Waals surface area contributed by atoms with Crippen LogP contribution in [0.4, 0.5) is 0 Å². The standard InChI is InChI=1S/C15H15O2.Li/c16-15(14-9-5-2-6-10-14)17-12-11-13-7-3-1-4-8-13;/h1-9H,10-12H2;. The number of benzene rings is 1. The average molecular weight is 234 g/mol. The first-order chi connectivity index (χ1) is 8.71. The Balaban J connectivity index is 1.82. The quantitative estimate of drug-likeness (QED) is 0.591. The summed E-state index contributed by atoms with van der Waals surface area (Å²) in [5.74, 6) is -0.140. The number of ether oxygens (including phenoxy) is 1. The molecule has 18 heavy (non-hydrogen) atoms. The number of carbonyl (C=O) groups is 1. The minimum atomic E-state index is -0.495. The van der Waals surface area contributed by atoms with Crippen LogP contribution < -0.4 is 0 Å². The first kappa shape index (κ1) is 13.2. The van der Waals surface area contributed by atoms with Gasteiger partial charge >= 0.3 is 117 Å². The van der Waals surface area contributed by atoms with E-state index in [1.807, 2.05) is 72.4 Å². The zero-order valence-corrected chi connectivity index (χ0v) is 10.6. The zero-order chi connectivity index (χ0) is 12.8. The Kier molecular flexibility index (Phi) is 4.47. The van der Waals surface area contributed by atoms with Crippen molar-refractivity contribution in [2.75, 3.05) is 6.61 Å². The van der Waals surface area contributed by atoms with E-state index in [9.17, 15) is 4.79 Å². The number of allylic oxidation sites excluding steroid dienone is 3. The molecular weight excluding hydrogens is 219 g/mol. The van der Waals surface area contributed by atoms with Gasteiger partial charge in [-0.1, -0.05) is 0 Å². The summed E-state index contributed by atoms with van der Waals surface area (Å²) in [7, 11) is 0. The van der Waals surface area contributed by atoms with Crippen LogP contribution in [0.5, 0.6) is 0 Å². The molecule has 1 aliphatic carbocycles. The van der Waals surface area contributed by atoms with Gasteiger partial charge in [-0.2, -0.15) is 0 Å². The van der Waals surface area contributed by atoms with Crippen LogP contribution in [0.1, 0.15) is 12.0 Å². The van der Waals surface area contributed by atoms with Gasteiger partial charge in [0.1, 0.15) is 0 Å². The fourth-order valence-corrected chi connectivity index (χ4v) is 1.95. The van der Waals surface area contributed by atoms with Gasteiger partial charge in [0.15, 0.2) is 0 Å². The molecule has 0 spiro atoms. The summed E-state index contributed by atoms with van der Waals surface area (Å²) in [6.07, 6.45) is 9.26. The summed E-state index contributed by atoms with van der Waals surface area (Å²) in [5.41, 5.74) is 1.19. The van der Waals surface area contributed by atoms with Gasteiger partial charge in [0.25, 0.3) is 0 Å². The molecule has 0 aromatic heterocycles. The Bertz CT molecular complexity index is 465. The molecular formula is C15H15LiO2. The maximum atomic E-state index is 12.0. The molecule has 0 saturated carbocycles. The Morgan fingerprint density at radius 2 is 2.06 bits per heavy atom. The summed E-state index contributed by atoms with van der Waals surface area (Å²) in [5, 5.41) is 0. The Morgan fingerprint density at radius 3 is 2.72 bits per heavy atom. The fraction of sp³-hybridized carbons (Fsp3) is 0.267. The summed E-state index contributed by atoms with van der Waals surface area (Å²) in [4.78, 5) is 12.0. The SMILES string of the molecule is [Li][C]1(C(=O)OCCc2ccccc2)C=CC=CC1. The molecule has 0 aliphatic heterocycles. The second-order valence-corrected chi connectivity index (χ2v) is 4.78. The number of hydrogen-bond acceptors (Lipinski definition) is 2. The monoisotopic (exact) mass is 234 g/mol. The van der Waals surface area contributed by atoms with Crippen LogP contribution in [0.15, 0.2) is 54.6 Å². The molecule has 0 N–H and O–H groups in total. The summed E-state index contributed by atoms with van der Waals surface area (Å²) < 4.78 is 4.87. The van der Waals surface area contributed by atoms with Crippen molar-refractivity contribution >= 4 is 23.7 Å². The van der Waals surface area contributed by atoms with E-state index in [1.165, 1.54) is 5.56 Å². The molecule has 1 aromatic rings. The van der Waals surface area contributed by atoms with E-state index in [4.69, 9.17) is 4.74 Å². The predicted molar refractivity (Wildman–Crippen MR) is 72.4 cm³/mol. The van der Waals surface area contributed by atoms with Gasteiger partial charge in [-0.25, -0.2) is 0 Å². The van der Waals surface area contributed by atoms with Crippen LogP contribution in [0.3, 0.4) is 0 Å². The maximum absolute atomic E-state index is 12.0. The van der Waals surface area contributed by atoms with Gasteiger partial charge in [0, 0.05) is 0 Å². The minimum absolute atomic E-state index is 0.140. The van der Waals surface area contributed by atoms with Crippen molar-refractivity contribution in [3.63, 3.8) is 0 Å². The van der Waals surface area contributed by atoms with Crippen LogP contribution >= 0.6 is 0 Å². The van der Waals surface area contributed by atoms with Crippen molar-refractivity contribution in [1.29, 1.82) is 0 Å². The molecule has 3 heteroatoms. The van der Waals surface area contributed by atoms with Crippen molar-refractivity contribution < 1.29 is 9.53 Å². The van der Waals surface area contributed by atoms with E-state index >= 15 is 0 Å². The summed E-state index contributed by atoms with van der Waals surface area (Å²) >= 11 is 1.91. The molecule has 1 aromatic carbocycles. The molecule has 1 aliphatic rings. The third kappa shape index (κ3) is 3.38. The summed E-state index contributed by atoms with van der Waals surface area (Å²) in [6, 6.07) is 10.0. The Hall–Kier alpha value is -1.23. The molecule has 1 unspecified atom stereocenters. The van der Waals surface area contributed by atoms with E-state index in [0.717, 1.165) is 6.42 Å². The molecule has 1 atom stereocenters. The average Bonchev–Trinajstić information content (AvgIpc) is 2.41. The number of rotatable bonds is 4. The second kappa shape index (κ2) is 6.09. The number of hydrogen-bond donors (Lipinski definition) is 0. The van der Waals surface area contributed by atoms with Crippen LogP contribution in [0.2, 0.25) is 4.09 Å². The topological polar surface area (TPSA) is 26.3 Å². The number of esters is 1. The van der Waals surface area contributed by atoms with Crippen LogP contribution in [0, 0.1) is 0 Å². The zero-order valence-electron chi connectivity index (χ0n) is 10.6. The molecule has 2 rings (SSSR count). The normalized spacial score (nSPS) is 21.9. The van der Waals surface area contributed by atoms with Crippen molar-refractivity contribution in [2.45, 2.75) is 16.9 Å². The third-order valence-corrected chi connectivity index (χ3v) is 3.19. The van der Waals surface area contributed by atoms with E-state index in [2.05, 4.69) is 0 Å². The Labute approximate surface area is 117 Å². The van der Waals surface area contributed by atoms with E-state index in [-0.39, 0.29) is 5.97 Å². The van der Waals surface area contributed by atoms with Gasteiger partial charge in [0.2, 0.25) is 0 Å². The third-order valence-electron chi connectivity index (χ3n) is 3.19. The van der Waals surface area contributed by atoms with Gasteiger partial charge < -0.3 is 0 Å². The first-order valence-corrected chi connectivity index (χ1v) is 6.26. The van der Waals surface area contributed by atoms with Crippen molar-refractivity contribution in [3.05, 3.63) is 60.2 Å². The van der Waals surface area contributed by atoms with E-state index in [0.29, 0.717) is 13.0 Å². The first-order valence-electron chi connectivity index (χ1n) is 6.26. The van der Waals surface area contributed by atoms with E-state index in [1.54, 1.807) is 0 Å². The van der Waals surface area contributed by atoms with Crippen molar-refractivity contribution in [2.24, 2.45) is 0 Å². The fourth-order valence-electron chi connectivity index (χ4n) is 1.95. The van der Waals surface area contributed by atoms with Gasteiger partial charge in [-0.3, -0.25) is 0 Å². The van der Waals surface area contributed by atoms with Gasteiger partial charge in [-0.05, 0) is 0 Å². The van der Waals surface area contributed by atoms with Crippen molar-refractivity contribution in [1.82, 2.24) is 0 Å². The molecule has 0 saturated heterocycles. The van der Waals surface area contributed by atoms with Gasteiger partial charge in [-0.15, -0.1) is 0 Å². The van der Waals surface area contributed by atoms with Crippen LogP contribution in [-0.4, -0.2) is 30.3 Å². The van der Waals surface area contributed by atoms with E-state index < -0.39 is 4.09 Å². The second-order valence-electron chi connectivity index (χ2n) is 4.78. The van der Waals surface area contributed by atoms with Crippen LogP contribution in [0.25, 0.3) is 0 Å². The van der Waals surface area contributed by atoms with Crippen molar-refractivity contribution in [3.8, 4) is 0 Å².